The number of hydrogen-bond donors (Lipinski definition) is 1. The van der Waals surface area contributed by atoms with Crippen LogP contribution in [0.2, 0.25) is 0 Å². The summed E-state index contributed by atoms with van der Waals surface area (Å²) in [6, 6.07) is 0.121. The molecule has 2 heterocycles. The van der Waals surface area contributed by atoms with Gasteiger partial charge in [-0.2, -0.15) is 4.98 Å². The monoisotopic (exact) mass is 225 g/mol. The van der Waals surface area contributed by atoms with Gasteiger partial charge in [-0.25, -0.2) is 0 Å². The highest BCUT2D eigenvalue weighted by molar-refractivity contribution is 4.92. The fourth-order valence-corrected chi connectivity index (χ4v) is 1.86. The van der Waals surface area contributed by atoms with E-state index in [1.165, 1.54) is 0 Å². The molecule has 1 aromatic rings. The third-order valence-electron chi connectivity index (χ3n) is 3.10. The first-order valence-corrected chi connectivity index (χ1v) is 5.87. The van der Waals surface area contributed by atoms with E-state index < -0.39 is 0 Å². The minimum absolute atomic E-state index is 0.121. The molecule has 1 unspecified atom stereocenters. The van der Waals surface area contributed by atoms with Crippen LogP contribution in [-0.2, 0) is 11.2 Å². The Labute approximate surface area is 95.6 Å². The molecule has 2 rings (SSSR count). The standard InChI is InChI=1S/C11H19N3O2/c1-8(12-2)11-13-10(14-16-11)7-9-3-5-15-6-4-9/h8-9,12H,3-7H2,1-2H3. The van der Waals surface area contributed by atoms with Crippen LogP contribution in [0.4, 0.5) is 0 Å². The van der Waals surface area contributed by atoms with E-state index in [9.17, 15) is 0 Å². The highest BCUT2D eigenvalue weighted by Gasteiger charge is 2.18. The molecule has 0 radical (unpaired) electrons. The zero-order valence-electron chi connectivity index (χ0n) is 9.90. The second kappa shape index (κ2) is 5.41. The molecule has 0 saturated carbocycles. The van der Waals surface area contributed by atoms with E-state index in [0.717, 1.165) is 38.3 Å². The second-order valence-corrected chi connectivity index (χ2v) is 4.32. The van der Waals surface area contributed by atoms with Crippen molar-refractivity contribution in [1.29, 1.82) is 0 Å². The van der Waals surface area contributed by atoms with Crippen LogP contribution < -0.4 is 5.32 Å². The molecule has 0 aliphatic carbocycles. The first-order chi connectivity index (χ1) is 7.79. The van der Waals surface area contributed by atoms with Gasteiger partial charge in [-0.3, -0.25) is 0 Å². The Morgan fingerprint density at radius 3 is 2.88 bits per heavy atom. The van der Waals surface area contributed by atoms with Crippen molar-refractivity contribution in [2.75, 3.05) is 20.3 Å². The number of nitrogens with zero attached hydrogens (tertiary/aromatic N) is 2. The molecule has 1 aromatic heterocycles. The first-order valence-electron chi connectivity index (χ1n) is 5.87. The van der Waals surface area contributed by atoms with Crippen LogP contribution in [0.15, 0.2) is 4.52 Å². The van der Waals surface area contributed by atoms with Gasteiger partial charge in [0, 0.05) is 19.6 Å². The van der Waals surface area contributed by atoms with Crippen LogP contribution in [0, 0.1) is 5.92 Å². The third-order valence-corrected chi connectivity index (χ3v) is 3.10. The van der Waals surface area contributed by atoms with Crippen LogP contribution >= 0.6 is 0 Å². The Bertz CT molecular complexity index is 321. The summed E-state index contributed by atoms with van der Waals surface area (Å²) in [4.78, 5) is 4.39. The van der Waals surface area contributed by atoms with Crippen molar-refractivity contribution in [2.24, 2.45) is 5.92 Å². The molecule has 0 spiro atoms. The molecule has 1 saturated heterocycles. The molecule has 1 N–H and O–H groups in total. The van der Waals surface area contributed by atoms with Gasteiger partial charge in [0.1, 0.15) is 0 Å². The quantitative estimate of drug-likeness (QED) is 0.837. The SMILES string of the molecule is CNC(C)c1nc(CC2CCOCC2)no1. The van der Waals surface area contributed by atoms with Crippen molar-refractivity contribution in [3.05, 3.63) is 11.7 Å². The minimum atomic E-state index is 0.121. The van der Waals surface area contributed by atoms with Crippen LogP contribution in [-0.4, -0.2) is 30.4 Å². The maximum atomic E-state index is 5.32. The maximum Gasteiger partial charge on any atom is 0.243 e. The first kappa shape index (κ1) is 11.5. The van der Waals surface area contributed by atoms with E-state index in [1.54, 1.807) is 0 Å². The maximum absolute atomic E-state index is 5.32. The highest BCUT2D eigenvalue weighted by Crippen LogP contribution is 2.19. The fourth-order valence-electron chi connectivity index (χ4n) is 1.86. The average molecular weight is 225 g/mol. The second-order valence-electron chi connectivity index (χ2n) is 4.32. The van der Waals surface area contributed by atoms with Gasteiger partial charge in [-0.05, 0) is 32.7 Å². The third kappa shape index (κ3) is 2.80. The summed E-state index contributed by atoms with van der Waals surface area (Å²) in [6.45, 7) is 3.73. The lowest BCUT2D eigenvalue weighted by Crippen LogP contribution is -2.18. The summed E-state index contributed by atoms with van der Waals surface area (Å²) in [5.41, 5.74) is 0. The van der Waals surface area contributed by atoms with E-state index in [-0.39, 0.29) is 6.04 Å². The molecule has 1 aliphatic heterocycles. The van der Waals surface area contributed by atoms with Gasteiger partial charge in [0.25, 0.3) is 0 Å². The van der Waals surface area contributed by atoms with Crippen molar-refractivity contribution in [1.82, 2.24) is 15.5 Å². The fraction of sp³-hybridized carbons (Fsp3) is 0.818. The largest absolute Gasteiger partial charge is 0.381 e. The zero-order valence-corrected chi connectivity index (χ0v) is 9.90. The van der Waals surface area contributed by atoms with Gasteiger partial charge in [0.05, 0.1) is 6.04 Å². The van der Waals surface area contributed by atoms with Gasteiger partial charge in [0.15, 0.2) is 5.82 Å². The van der Waals surface area contributed by atoms with Crippen molar-refractivity contribution in [3.8, 4) is 0 Å². The molecule has 5 nitrogen and oxygen atoms in total. The normalized spacial score (nSPS) is 19.9. The molecule has 1 atom stereocenters. The lowest BCUT2D eigenvalue weighted by atomic mass is 9.96. The van der Waals surface area contributed by atoms with E-state index in [1.807, 2.05) is 14.0 Å². The summed E-state index contributed by atoms with van der Waals surface area (Å²) in [5, 5.41) is 7.09. The number of nitrogens with one attached hydrogen (secondary N) is 1. The number of hydrogen-bond acceptors (Lipinski definition) is 5. The van der Waals surface area contributed by atoms with Gasteiger partial charge < -0.3 is 14.6 Å². The highest BCUT2D eigenvalue weighted by atomic mass is 16.5. The lowest BCUT2D eigenvalue weighted by Gasteiger charge is -2.20. The molecule has 90 valence electrons. The van der Waals surface area contributed by atoms with Crippen molar-refractivity contribution in [2.45, 2.75) is 32.2 Å². The molecular formula is C11H19N3O2. The predicted octanol–water partition coefficient (Wildman–Crippen LogP) is 1.32. The van der Waals surface area contributed by atoms with Gasteiger partial charge in [-0.1, -0.05) is 5.16 Å². The molecule has 5 heteroatoms. The minimum Gasteiger partial charge on any atom is -0.381 e. The molecule has 1 aliphatic rings. The average Bonchev–Trinajstić information content (AvgIpc) is 2.78. The predicted molar refractivity (Wildman–Crippen MR) is 59.0 cm³/mol. The summed E-state index contributed by atoms with van der Waals surface area (Å²) >= 11 is 0. The summed E-state index contributed by atoms with van der Waals surface area (Å²) < 4.78 is 10.5. The number of aromatic nitrogens is 2. The molecule has 0 amide bonds. The van der Waals surface area contributed by atoms with Crippen LogP contribution in [0.5, 0.6) is 0 Å². The Balaban J connectivity index is 1.91. The van der Waals surface area contributed by atoms with Crippen molar-refractivity contribution >= 4 is 0 Å². The molecule has 0 bridgehead atoms. The van der Waals surface area contributed by atoms with Gasteiger partial charge >= 0.3 is 0 Å². The molecule has 0 aromatic carbocycles. The Morgan fingerprint density at radius 2 is 2.19 bits per heavy atom. The smallest absolute Gasteiger partial charge is 0.243 e. The zero-order chi connectivity index (χ0) is 11.4. The Hall–Kier alpha value is -0.940. The van der Waals surface area contributed by atoms with Crippen LogP contribution in [0.1, 0.15) is 37.5 Å². The van der Waals surface area contributed by atoms with Crippen LogP contribution in [0.25, 0.3) is 0 Å². The number of rotatable bonds is 4. The van der Waals surface area contributed by atoms with E-state index >= 15 is 0 Å². The van der Waals surface area contributed by atoms with Crippen molar-refractivity contribution in [3.63, 3.8) is 0 Å². The van der Waals surface area contributed by atoms with Crippen molar-refractivity contribution < 1.29 is 9.26 Å². The summed E-state index contributed by atoms with van der Waals surface area (Å²) in [5.74, 6) is 2.14. The summed E-state index contributed by atoms with van der Waals surface area (Å²) in [7, 11) is 1.88. The van der Waals surface area contributed by atoms with E-state index in [0.29, 0.717) is 11.8 Å². The van der Waals surface area contributed by atoms with E-state index in [4.69, 9.17) is 9.26 Å². The topological polar surface area (TPSA) is 60.2 Å². The molecule has 1 fully saturated rings. The lowest BCUT2D eigenvalue weighted by molar-refractivity contribution is 0.0658. The number of ether oxygens (including phenoxy) is 1. The Morgan fingerprint density at radius 1 is 1.44 bits per heavy atom. The summed E-state index contributed by atoms with van der Waals surface area (Å²) in [6.07, 6.45) is 3.11. The van der Waals surface area contributed by atoms with E-state index in [2.05, 4.69) is 15.5 Å². The van der Waals surface area contributed by atoms with Gasteiger partial charge in [0.2, 0.25) is 5.89 Å². The Kier molecular flexibility index (Phi) is 3.90. The van der Waals surface area contributed by atoms with Gasteiger partial charge in [-0.15, -0.1) is 0 Å². The molecular weight excluding hydrogens is 206 g/mol. The molecule has 16 heavy (non-hydrogen) atoms. The van der Waals surface area contributed by atoms with Crippen LogP contribution in [0.3, 0.4) is 0 Å².